The van der Waals surface area contributed by atoms with Gasteiger partial charge in [-0.3, -0.25) is 0 Å². The summed E-state index contributed by atoms with van der Waals surface area (Å²) in [6, 6.07) is 22.6. The van der Waals surface area contributed by atoms with Gasteiger partial charge in [-0.15, -0.1) is 0 Å². The molecule has 0 spiro atoms. The number of aromatic nitrogens is 6. The molecule has 0 aliphatic carbocycles. The van der Waals surface area contributed by atoms with Crippen molar-refractivity contribution >= 4 is 64.1 Å². The molecule has 0 amide bonds. The summed E-state index contributed by atoms with van der Waals surface area (Å²) in [6.07, 6.45) is 0.716. The van der Waals surface area contributed by atoms with Gasteiger partial charge in [-0.05, 0) is 60.5 Å². The Hall–Kier alpha value is -5.96. The molecule has 15 heteroatoms. The molecule has 0 fully saturated rings. The number of nitrogens with two attached hydrogens (primary N) is 2. The number of benzene rings is 3. The van der Waals surface area contributed by atoms with E-state index in [9.17, 15) is 5.11 Å². The van der Waals surface area contributed by atoms with E-state index >= 15 is 0 Å². The summed E-state index contributed by atoms with van der Waals surface area (Å²) < 4.78 is 0. The van der Waals surface area contributed by atoms with Crippen LogP contribution in [-0.4, -0.2) is 68.8 Å². The zero-order chi connectivity index (χ0) is 31.6. The van der Waals surface area contributed by atoms with Crippen LogP contribution < -0.4 is 43.0 Å². The monoisotopic (exact) mass is 608 g/mol. The lowest BCUT2D eigenvalue weighted by atomic mass is 10.1. The number of aliphatic hydroxyl groups excluding tert-OH is 1. The minimum absolute atomic E-state index is 0.0529. The molecule has 0 bridgehead atoms. The van der Waals surface area contributed by atoms with Crippen LogP contribution >= 0.6 is 0 Å². The van der Waals surface area contributed by atoms with E-state index in [1.807, 2.05) is 79.7 Å². The second kappa shape index (κ2) is 14.5. The van der Waals surface area contributed by atoms with E-state index in [1.54, 1.807) is 12.1 Å². The number of hydrogen-bond acceptors (Lipinski definition) is 15. The molecule has 5 aromatic rings. The fourth-order valence-electron chi connectivity index (χ4n) is 4.13. The van der Waals surface area contributed by atoms with E-state index in [0.717, 1.165) is 22.6 Å². The van der Waals surface area contributed by atoms with Gasteiger partial charge >= 0.3 is 0 Å². The van der Waals surface area contributed by atoms with Crippen LogP contribution in [0, 0.1) is 0 Å². The van der Waals surface area contributed by atoms with Crippen molar-refractivity contribution in [2.45, 2.75) is 6.42 Å². The van der Waals surface area contributed by atoms with Gasteiger partial charge in [0.25, 0.3) is 0 Å². The number of hydrogen-bond donors (Lipinski definition) is 8. The van der Waals surface area contributed by atoms with Crippen LogP contribution in [0.3, 0.4) is 0 Å². The molecule has 232 valence electrons. The highest BCUT2D eigenvalue weighted by Gasteiger charge is 2.11. The van der Waals surface area contributed by atoms with E-state index in [-0.39, 0.29) is 6.61 Å². The van der Waals surface area contributed by atoms with Crippen molar-refractivity contribution in [1.82, 2.24) is 29.9 Å². The van der Waals surface area contributed by atoms with E-state index in [0.29, 0.717) is 66.6 Å². The maximum absolute atomic E-state index is 9.21. The van der Waals surface area contributed by atoms with Crippen LogP contribution in [0.4, 0.5) is 64.1 Å². The molecule has 0 saturated heterocycles. The first-order valence-electron chi connectivity index (χ1n) is 14.2. The third-order valence-electron chi connectivity index (χ3n) is 6.25. The standard InChI is InChI=1S/C30H36N14O/c1-44(2)30-42-28(41-29(43-30)37-24-8-4-6-21(32)18-24)35-22-11-9-19(10-12-22)13-14-33-25-38-26(34-15-16-45)40-27(39-25)36-23-7-3-5-20(31)17-23/h3-12,17-18,45H,13-16,31-32H2,1-2H3,(H2,35,37,41,42,43)(H3,33,34,36,38,39,40). The molecule has 2 aromatic heterocycles. The summed E-state index contributed by atoms with van der Waals surface area (Å²) in [7, 11) is 3.74. The average Bonchev–Trinajstić information content (AvgIpc) is 3.01. The van der Waals surface area contributed by atoms with Crippen LogP contribution in [0.2, 0.25) is 0 Å². The smallest absolute Gasteiger partial charge is 0.233 e. The Morgan fingerprint density at radius 2 is 1.09 bits per heavy atom. The fourth-order valence-corrected chi connectivity index (χ4v) is 4.13. The summed E-state index contributed by atoms with van der Waals surface area (Å²) in [6.45, 7) is 0.831. The molecule has 0 aliphatic rings. The summed E-state index contributed by atoms with van der Waals surface area (Å²) >= 11 is 0. The van der Waals surface area contributed by atoms with Gasteiger partial charge in [0.2, 0.25) is 35.7 Å². The average molecular weight is 609 g/mol. The number of rotatable bonds is 14. The van der Waals surface area contributed by atoms with Crippen molar-refractivity contribution in [2.75, 3.05) is 76.7 Å². The zero-order valence-electron chi connectivity index (χ0n) is 25.0. The first-order chi connectivity index (χ1) is 21.8. The Labute approximate surface area is 260 Å². The van der Waals surface area contributed by atoms with Gasteiger partial charge in [0, 0.05) is 55.6 Å². The van der Waals surface area contributed by atoms with E-state index in [1.165, 1.54) is 0 Å². The fraction of sp³-hybridized carbons (Fsp3) is 0.200. The van der Waals surface area contributed by atoms with Gasteiger partial charge in [-0.25, -0.2) is 0 Å². The first kappa shape index (κ1) is 30.5. The third kappa shape index (κ3) is 9.01. The molecule has 0 aliphatic heterocycles. The molecule has 3 aromatic carbocycles. The topological polar surface area (TPSA) is 213 Å². The van der Waals surface area contributed by atoms with E-state index < -0.39 is 0 Å². The van der Waals surface area contributed by atoms with Crippen LogP contribution in [0.1, 0.15) is 5.56 Å². The number of nitrogens with one attached hydrogen (secondary N) is 5. The summed E-state index contributed by atoms with van der Waals surface area (Å²) in [4.78, 5) is 28.6. The highest BCUT2D eigenvalue weighted by Crippen LogP contribution is 2.22. The first-order valence-corrected chi connectivity index (χ1v) is 14.2. The number of anilines is 11. The molecule has 0 radical (unpaired) electrons. The van der Waals surface area contributed by atoms with Gasteiger partial charge in [-0.2, -0.15) is 29.9 Å². The van der Waals surface area contributed by atoms with Gasteiger partial charge in [0.1, 0.15) is 0 Å². The Balaban J connectivity index is 1.21. The highest BCUT2D eigenvalue weighted by molar-refractivity contribution is 5.63. The summed E-state index contributed by atoms with van der Waals surface area (Å²) in [5.74, 6) is 2.37. The Kier molecular flexibility index (Phi) is 9.81. The van der Waals surface area contributed by atoms with Crippen molar-refractivity contribution in [2.24, 2.45) is 0 Å². The number of nitrogens with zero attached hydrogens (tertiary/aromatic N) is 7. The number of nitrogen functional groups attached to an aromatic ring is 2. The van der Waals surface area contributed by atoms with Crippen LogP contribution in [-0.2, 0) is 6.42 Å². The minimum Gasteiger partial charge on any atom is -0.399 e. The van der Waals surface area contributed by atoms with Gasteiger partial charge < -0.3 is 48.1 Å². The van der Waals surface area contributed by atoms with Gasteiger partial charge in [0.05, 0.1) is 6.61 Å². The third-order valence-corrected chi connectivity index (χ3v) is 6.25. The number of aliphatic hydroxyl groups is 1. The maximum Gasteiger partial charge on any atom is 0.233 e. The normalized spacial score (nSPS) is 10.6. The van der Waals surface area contributed by atoms with Crippen molar-refractivity contribution in [3.63, 3.8) is 0 Å². The summed E-state index contributed by atoms with van der Waals surface area (Å²) in [5, 5.41) is 25.0. The second-order valence-corrected chi connectivity index (χ2v) is 10.1. The van der Waals surface area contributed by atoms with Crippen LogP contribution in [0.25, 0.3) is 0 Å². The van der Waals surface area contributed by atoms with E-state index in [2.05, 4.69) is 56.5 Å². The molecule has 5 rings (SSSR count). The molecule has 2 heterocycles. The maximum atomic E-state index is 9.21. The van der Waals surface area contributed by atoms with Gasteiger partial charge in [0.15, 0.2) is 0 Å². The highest BCUT2D eigenvalue weighted by atomic mass is 16.3. The van der Waals surface area contributed by atoms with Crippen molar-refractivity contribution in [3.8, 4) is 0 Å². The molecular formula is C30H36N14O. The SMILES string of the molecule is CN(C)c1nc(Nc2ccc(CCNc3nc(NCCO)nc(Nc4cccc(N)c4)n3)cc2)nc(Nc2cccc(N)c2)n1. The zero-order valence-corrected chi connectivity index (χ0v) is 25.0. The van der Waals surface area contributed by atoms with Crippen molar-refractivity contribution in [3.05, 3.63) is 78.4 Å². The van der Waals surface area contributed by atoms with E-state index in [4.69, 9.17) is 11.5 Å². The minimum atomic E-state index is -0.0529. The Morgan fingerprint density at radius 3 is 1.62 bits per heavy atom. The second-order valence-electron chi connectivity index (χ2n) is 10.1. The predicted octanol–water partition coefficient (Wildman–Crippen LogP) is 3.58. The lowest BCUT2D eigenvalue weighted by Gasteiger charge is -2.14. The van der Waals surface area contributed by atoms with Crippen molar-refractivity contribution < 1.29 is 5.11 Å². The molecule has 0 saturated carbocycles. The van der Waals surface area contributed by atoms with Crippen LogP contribution in [0.5, 0.6) is 0 Å². The Bertz CT molecular complexity index is 1710. The van der Waals surface area contributed by atoms with Gasteiger partial charge in [-0.1, -0.05) is 24.3 Å². The lowest BCUT2D eigenvalue weighted by molar-refractivity contribution is 0.311. The largest absolute Gasteiger partial charge is 0.399 e. The molecule has 0 unspecified atom stereocenters. The molecule has 0 atom stereocenters. The Morgan fingerprint density at radius 1 is 0.600 bits per heavy atom. The molecule has 15 nitrogen and oxygen atoms in total. The molecule has 10 N–H and O–H groups in total. The molecule has 45 heavy (non-hydrogen) atoms. The lowest BCUT2D eigenvalue weighted by Crippen LogP contribution is -2.15. The summed E-state index contributed by atoms with van der Waals surface area (Å²) in [5.41, 5.74) is 16.5. The van der Waals surface area contributed by atoms with Crippen LogP contribution in [0.15, 0.2) is 72.8 Å². The van der Waals surface area contributed by atoms with Crippen molar-refractivity contribution in [1.29, 1.82) is 0 Å². The quantitative estimate of drug-likeness (QED) is 0.0846. The predicted molar refractivity (Wildman–Crippen MR) is 180 cm³/mol. The molecular weight excluding hydrogens is 572 g/mol.